The van der Waals surface area contributed by atoms with Crippen LogP contribution in [0.4, 0.5) is 0 Å². The minimum atomic E-state index is -4.34. The number of hydrogen-bond acceptors (Lipinski definition) is 4. The molecule has 1 N–H and O–H groups in total. The maximum atomic E-state index is 12.6. The van der Waals surface area contributed by atoms with Crippen LogP contribution in [0, 0.1) is 10.7 Å². The number of ether oxygens (including phenoxy) is 1. The molecule has 0 heterocycles. The van der Waals surface area contributed by atoms with Gasteiger partial charge >= 0.3 is 5.97 Å². The lowest BCUT2D eigenvalue weighted by Crippen LogP contribution is -2.13. The number of hydrogen-bond donors (Lipinski definition) is 1. The molecule has 150 valence electrons. The van der Waals surface area contributed by atoms with Crippen LogP contribution in [-0.2, 0) is 10.1 Å². The second-order valence-corrected chi connectivity index (χ2v) is 11.4. The number of benzene rings is 2. The first-order chi connectivity index (χ1) is 13.2. The number of esters is 1. The molecular formula is C19H17I3O5S. The SMILES string of the molecule is O=C(Oc1ccc(S(=O)(=O)O)c(C2CCCCC2)c1)c1cc(I)c(I)c(I)c1. The third-order valence-electron chi connectivity index (χ3n) is 4.73. The molecule has 1 fully saturated rings. The average Bonchev–Trinajstić information content (AvgIpc) is 2.65. The number of carbonyl (C=O) groups is 1. The van der Waals surface area contributed by atoms with E-state index in [9.17, 15) is 17.8 Å². The molecule has 0 aromatic heterocycles. The molecule has 1 aliphatic rings. The fourth-order valence-electron chi connectivity index (χ4n) is 3.40. The Bertz CT molecular complexity index is 991. The lowest BCUT2D eigenvalue weighted by atomic mass is 9.84. The highest BCUT2D eigenvalue weighted by atomic mass is 127. The van der Waals surface area contributed by atoms with Gasteiger partial charge in [0, 0.05) is 10.7 Å². The van der Waals surface area contributed by atoms with E-state index >= 15 is 0 Å². The standard InChI is InChI=1S/C19H17I3O5S/c20-15-8-12(9-16(21)18(15)22)19(23)27-13-6-7-17(28(24,25)26)14(10-13)11-4-2-1-3-5-11/h6-11H,1-5H2,(H,24,25,26). The first-order valence-corrected chi connectivity index (χ1v) is 13.3. The zero-order valence-electron chi connectivity index (χ0n) is 14.6. The number of carbonyl (C=O) groups excluding carboxylic acids is 1. The molecule has 28 heavy (non-hydrogen) atoms. The van der Waals surface area contributed by atoms with Crippen LogP contribution in [0.5, 0.6) is 5.75 Å². The molecule has 9 heteroatoms. The normalized spacial score (nSPS) is 15.4. The first kappa shape index (κ1) is 22.7. The van der Waals surface area contributed by atoms with Gasteiger partial charge in [0.2, 0.25) is 0 Å². The summed E-state index contributed by atoms with van der Waals surface area (Å²) in [7, 11) is -4.34. The molecule has 0 bridgehead atoms. The molecule has 0 atom stereocenters. The summed E-state index contributed by atoms with van der Waals surface area (Å²) in [4.78, 5) is 12.5. The summed E-state index contributed by atoms with van der Waals surface area (Å²) >= 11 is 6.57. The van der Waals surface area contributed by atoms with E-state index in [2.05, 4.69) is 67.8 Å². The molecular weight excluding hydrogens is 721 g/mol. The molecule has 3 rings (SSSR count). The Morgan fingerprint density at radius 3 is 2.18 bits per heavy atom. The van der Waals surface area contributed by atoms with Crippen LogP contribution in [0.15, 0.2) is 35.2 Å². The van der Waals surface area contributed by atoms with Crippen molar-refractivity contribution in [3.05, 3.63) is 52.2 Å². The zero-order valence-corrected chi connectivity index (χ0v) is 21.9. The Labute approximate surface area is 205 Å². The Kier molecular flexibility index (Phi) is 7.64. The highest BCUT2D eigenvalue weighted by Gasteiger charge is 2.25. The summed E-state index contributed by atoms with van der Waals surface area (Å²) in [5, 5.41) is 0. The molecule has 1 aliphatic carbocycles. The molecule has 0 radical (unpaired) electrons. The van der Waals surface area contributed by atoms with Crippen LogP contribution in [-0.4, -0.2) is 18.9 Å². The van der Waals surface area contributed by atoms with Crippen molar-refractivity contribution in [1.29, 1.82) is 0 Å². The Hall–Kier alpha value is 0.0100. The van der Waals surface area contributed by atoms with E-state index in [4.69, 9.17) is 4.74 Å². The van der Waals surface area contributed by atoms with Crippen molar-refractivity contribution in [3.63, 3.8) is 0 Å². The molecule has 2 aromatic carbocycles. The van der Waals surface area contributed by atoms with Gasteiger partial charge in [-0.3, -0.25) is 4.55 Å². The Balaban J connectivity index is 1.93. The summed E-state index contributed by atoms with van der Waals surface area (Å²) in [6.07, 6.45) is 4.86. The lowest BCUT2D eigenvalue weighted by Gasteiger charge is -2.24. The van der Waals surface area contributed by atoms with Gasteiger partial charge in [-0.05, 0) is 122 Å². The molecule has 0 spiro atoms. The third kappa shape index (κ3) is 5.38. The van der Waals surface area contributed by atoms with Crippen molar-refractivity contribution in [3.8, 4) is 5.75 Å². The van der Waals surface area contributed by atoms with Gasteiger partial charge < -0.3 is 4.74 Å². The zero-order chi connectivity index (χ0) is 20.5. The smallest absolute Gasteiger partial charge is 0.343 e. The highest BCUT2D eigenvalue weighted by molar-refractivity contribution is 14.1. The minimum absolute atomic E-state index is 0.0320. The van der Waals surface area contributed by atoms with Crippen LogP contribution in [0.3, 0.4) is 0 Å². The second-order valence-electron chi connectivity index (χ2n) is 6.65. The second kappa shape index (κ2) is 9.43. The third-order valence-corrected chi connectivity index (χ3v) is 10.6. The number of rotatable bonds is 4. The van der Waals surface area contributed by atoms with Crippen LogP contribution in [0.1, 0.15) is 53.9 Å². The summed E-state index contributed by atoms with van der Waals surface area (Å²) in [6.45, 7) is 0. The van der Waals surface area contributed by atoms with Gasteiger partial charge in [-0.15, -0.1) is 0 Å². The molecule has 0 amide bonds. The van der Waals surface area contributed by atoms with Crippen LogP contribution in [0.25, 0.3) is 0 Å². The van der Waals surface area contributed by atoms with E-state index in [-0.39, 0.29) is 16.6 Å². The fourth-order valence-corrected chi connectivity index (χ4v) is 6.24. The van der Waals surface area contributed by atoms with E-state index in [1.807, 2.05) is 0 Å². The first-order valence-electron chi connectivity index (χ1n) is 8.65. The summed E-state index contributed by atoms with van der Waals surface area (Å²) in [5.41, 5.74) is 0.964. The van der Waals surface area contributed by atoms with Crippen molar-refractivity contribution >= 4 is 83.9 Å². The van der Waals surface area contributed by atoms with E-state index < -0.39 is 16.1 Å². The molecule has 0 unspecified atom stereocenters. The van der Waals surface area contributed by atoms with E-state index in [0.717, 1.165) is 42.8 Å². The summed E-state index contributed by atoms with van der Waals surface area (Å²) in [5.74, 6) is -0.188. The molecule has 0 aliphatic heterocycles. The van der Waals surface area contributed by atoms with Gasteiger partial charge in [-0.25, -0.2) is 4.79 Å². The quantitative estimate of drug-likeness (QED) is 0.137. The fraction of sp³-hybridized carbons (Fsp3) is 0.316. The predicted octanol–water partition coefficient (Wildman–Crippen LogP) is 6.01. The highest BCUT2D eigenvalue weighted by Crippen LogP contribution is 2.37. The van der Waals surface area contributed by atoms with Gasteiger partial charge in [0.25, 0.3) is 10.1 Å². The molecule has 1 saturated carbocycles. The average molecular weight is 738 g/mol. The van der Waals surface area contributed by atoms with E-state index in [1.54, 1.807) is 18.2 Å². The van der Waals surface area contributed by atoms with Crippen molar-refractivity contribution < 1.29 is 22.5 Å². The number of halogens is 3. The minimum Gasteiger partial charge on any atom is -0.423 e. The van der Waals surface area contributed by atoms with Gasteiger partial charge in [0.05, 0.1) is 10.5 Å². The van der Waals surface area contributed by atoms with E-state index in [0.29, 0.717) is 11.1 Å². The maximum Gasteiger partial charge on any atom is 0.343 e. The van der Waals surface area contributed by atoms with Crippen LogP contribution in [0.2, 0.25) is 0 Å². The predicted molar refractivity (Wildman–Crippen MR) is 132 cm³/mol. The summed E-state index contributed by atoms with van der Waals surface area (Å²) in [6, 6.07) is 7.85. The topological polar surface area (TPSA) is 80.7 Å². The molecule has 5 nitrogen and oxygen atoms in total. The Morgan fingerprint density at radius 2 is 1.61 bits per heavy atom. The monoisotopic (exact) mass is 738 g/mol. The van der Waals surface area contributed by atoms with Gasteiger partial charge in [-0.2, -0.15) is 8.42 Å². The molecule has 2 aromatic rings. The van der Waals surface area contributed by atoms with Crippen molar-refractivity contribution in [2.45, 2.75) is 42.9 Å². The van der Waals surface area contributed by atoms with Crippen LogP contribution >= 0.6 is 67.8 Å². The van der Waals surface area contributed by atoms with Crippen molar-refractivity contribution in [1.82, 2.24) is 0 Å². The Morgan fingerprint density at radius 1 is 1.00 bits per heavy atom. The molecule has 0 saturated heterocycles. The van der Waals surface area contributed by atoms with Gasteiger partial charge in [0.1, 0.15) is 5.75 Å². The van der Waals surface area contributed by atoms with Gasteiger partial charge in [-0.1, -0.05) is 19.3 Å². The summed E-state index contributed by atoms with van der Waals surface area (Å²) < 4.78 is 41.7. The van der Waals surface area contributed by atoms with Crippen molar-refractivity contribution in [2.75, 3.05) is 0 Å². The van der Waals surface area contributed by atoms with Gasteiger partial charge in [0.15, 0.2) is 0 Å². The van der Waals surface area contributed by atoms with Crippen LogP contribution < -0.4 is 4.74 Å². The largest absolute Gasteiger partial charge is 0.423 e. The lowest BCUT2D eigenvalue weighted by molar-refractivity contribution is 0.0734. The maximum absolute atomic E-state index is 12.6. The van der Waals surface area contributed by atoms with Crippen molar-refractivity contribution in [2.24, 2.45) is 0 Å². The van der Waals surface area contributed by atoms with E-state index in [1.165, 1.54) is 12.1 Å².